The third-order valence-electron chi connectivity index (χ3n) is 4.40. The molecule has 0 aliphatic carbocycles. The second-order valence-corrected chi connectivity index (χ2v) is 6.47. The molecule has 1 atom stereocenters. The number of nitrogens with zero attached hydrogens (tertiary/aromatic N) is 1. The predicted octanol–water partition coefficient (Wildman–Crippen LogP) is 2.75. The summed E-state index contributed by atoms with van der Waals surface area (Å²) < 4.78 is 38.3. The Morgan fingerprint density at radius 1 is 1.11 bits per heavy atom. The highest BCUT2D eigenvalue weighted by molar-refractivity contribution is 6.08. The fourth-order valence-electron chi connectivity index (χ4n) is 2.91. The number of imide groups is 1. The third-order valence-corrected chi connectivity index (χ3v) is 4.40. The predicted molar refractivity (Wildman–Crippen MR) is 92.5 cm³/mol. The molecule has 9 heteroatoms. The zero-order valence-corrected chi connectivity index (χ0v) is 14.7. The molecule has 0 radical (unpaired) electrons. The molecule has 4 amide bonds. The van der Waals surface area contributed by atoms with Crippen molar-refractivity contribution in [2.24, 2.45) is 0 Å². The molecule has 2 aromatic rings. The molecule has 1 heterocycles. The minimum absolute atomic E-state index is 0.102. The van der Waals surface area contributed by atoms with Gasteiger partial charge in [-0.2, -0.15) is 18.2 Å². The molecule has 6 nitrogen and oxygen atoms in total. The number of hydrazine groups is 1. The third kappa shape index (κ3) is 3.68. The second kappa shape index (κ2) is 6.99. The molecule has 0 unspecified atom stereocenters. The maximum absolute atomic E-state index is 12.8. The number of alkyl halides is 3. The van der Waals surface area contributed by atoms with E-state index in [9.17, 15) is 27.6 Å². The zero-order chi connectivity index (χ0) is 20.5. The van der Waals surface area contributed by atoms with Crippen molar-refractivity contribution in [2.45, 2.75) is 25.1 Å². The van der Waals surface area contributed by atoms with Gasteiger partial charge in [0, 0.05) is 0 Å². The quantitative estimate of drug-likeness (QED) is 0.787. The minimum atomic E-state index is -4.53. The average molecular weight is 391 g/mol. The number of rotatable bonds is 4. The van der Waals surface area contributed by atoms with Crippen LogP contribution in [0.5, 0.6) is 0 Å². The Morgan fingerprint density at radius 2 is 1.79 bits per heavy atom. The molecule has 146 valence electrons. The number of halogens is 3. The van der Waals surface area contributed by atoms with Crippen molar-refractivity contribution >= 4 is 17.8 Å². The molecule has 28 heavy (non-hydrogen) atoms. The Kier molecular flexibility index (Phi) is 4.84. The van der Waals surface area contributed by atoms with Gasteiger partial charge in [-0.3, -0.25) is 15.0 Å². The first-order chi connectivity index (χ1) is 13.1. The van der Waals surface area contributed by atoms with E-state index in [1.54, 1.807) is 30.3 Å². The fraction of sp³-hybridized carbons (Fsp3) is 0.211. The summed E-state index contributed by atoms with van der Waals surface area (Å²) in [5.41, 5.74) is 0.550. The summed E-state index contributed by atoms with van der Waals surface area (Å²) in [6, 6.07) is 11.9. The van der Waals surface area contributed by atoms with Crippen molar-refractivity contribution in [1.29, 1.82) is 0 Å². The first kappa shape index (κ1) is 19.4. The van der Waals surface area contributed by atoms with Crippen LogP contribution in [0.1, 0.15) is 23.6 Å². The van der Waals surface area contributed by atoms with Crippen LogP contribution in [0.2, 0.25) is 0 Å². The molecule has 2 aromatic carbocycles. The molecule has 2 N–H and O–H groups in total. The minimum Gasteiger partial charge on any atom is -0.318 e. The van der Waals surface area contributed by atoms with Crippen LogP contribution in [-0.4, -0.2) is 22.9 Å². The van der Waals surface area contributed by atoms with E-state index >= 15 is 0 Å². The lowest BCUT2D eigenvalue weighted by Crippen LogP contribution is -2.48. The first-order valence-electron chi connectivity index (χ1n) is 8.29. The van der Waals surface area contributed by atoms with Gasteiger partial charge in [0.1, 0.15) is 5.54 Å². The fourth-order valence-corrected chi connectivity index (χ4v) is 2.91. The maximum atomic E-state index is 12.8. The number of nitrogens with one attached hydrogen (secondary N) is 2. The van der Waals surface area contributed by atoms with Crippen molar-refractivity contribution in [3.8, 4) is 0 Å². The molecule has 1 aliphatic rings. The number of benzene rings is 2. The molecule has 3 rings (SSSR count). The Bertz CT molecular complexity index is 931. The summed E-state index contributed by atoms with van der Waals surface area (Å²) in [7, 11) is 0. The lowest BCUT2D eigenvalue weighted by atomic mass is 9.92. The van der Waals surface area contributed by atoms with Gasteiger partial charge in [-0.15, -0.1) is 0 Å². The summed E-state index contributed by atoms with van der Waals surface area (Å²) >= 11 is 0. The monoisotopic (exact) mass is 391 g/mol. The van der Waals surface area contributed by atoms with Gasteiger partial charge in [0.25, 0.3) is 5.91 Å². The lowest BCUT2D eigenvalue weighted by Gasteiger charge is -2.22. The number of carbonyl (C=O) groups excluding carboxylic acids is 3. The first-order valence-corrected chi connectivity index (χ1v) is 8.29. The van der Waals surface area contributed by atoms with Gasteiger partial charge in [0.05, 0.1) is 12.0 Å². The summed E-state index contributed by atoms with van der Waals surface area (Å²) in [5.74, 6) is -1.48. The number of urea groups is 1. The Labute approximate surface area is 158 Å². The van der Waals surface area contributed by atoms with Crippen molar-refractivity contribution in [2.75, 3.05) is 0 Å². The second-order valence-electron chi connectivity index (χ2n) is 6.47. The highest BCUT2D eigenvalue weighted by Crippen LogP contribution is 2.30. The van der Waals surface area contributed by atoms with Gasteiger partial charge in [-0.05, 0) is 24.1 Å². The van der Waals surface area contributed by atoms with Crippen LogP contribution in [0.25, 0.3) is 0 Å². The van der Waals surface area contributed by atoms with Crippen molar-refractivity contribution in [1.82, 2.24) is 15.8 Å². The number of hydrogen-bond donors (Lipinski definition) is 2. The van der Waals surface area contributed by atoms with E-state index in [4.69, 9.17) is 0 Å². The van der Waals surface area contributed by atoms with Gasteiger partial charge in [-0.1, -0.05) is 48.5 Å². The van der Waals surface area contributed by atoms with Crippen LogP contribution < -0.4 is 10.7 Å². The Morgan fingerprint density at radius 3 is 2.43 bits per heavy atom. The average Bonchev–Trinajstić information content (AvgIpc) is 2.86. The van der Waals surface area contributed by atoms with Crippen molar-refractivity contribution < 1.29 is 27.6 Å². The lowest BCUT2D eigenvalue weighted by molar-refractivity contribution is -0.138. The summed E-state index contributed by atoms with van der Waals surface area (Å²) in [4.78, 5) is 37.1. The number of amides is 4. The highest BCUT2D eigenvalue weighted by atomic mass is 19.4. The van der Waals surface area contributed by atoms with Crippen LogP contribution in [0.4, 0.5) is 18.0 Å². The van der Waals surface area contributed by atoms with E-state index < -0.39 is 41.5 Å². The molecule has 1 aliphatic heterocycles. The molecule has 0 spiro atoms. The molecular weight excluding hydrogens is 375 g/mol. The molecule has 1 saturated heterocycles. The normalized spacial score (nSPS) is 19.5. The van der Waals surface area contributed by atoms with Gasteiger partial charge in [-0.25, -0.2) is 4.79 Å². The standard InChI is InChI=1S/C19H16F3N3O3/c1-18(13-7-3-2-4-8-13)16(27)25(17(28)23-18)24-15(26)11-12-6-5-9-14(10-12)19(20,21)22/h2-10H,11H2,1H3,(H,23,28)(H,24,26)/t18-/m0/s1. The van der Waals surface area contributed by atoms with Gasteiger partial charge in [0.2, 0.25) is 5.91 Å². The summed E-state index contributed by atoms with van der Waals surface area (Å²) in [6.07, 6.45) is -4.96. The van der Waals surface area contributed by atoms with Crippen LogP contribution in [0, 0.1) is 0 Å². The van der Waals surface area contributed by atoms with Crippen LogP contribution in [-0.2, 0) is 27.7 Å². The Balaban J connectivity index is 1.73. The van der Waals surface area contributed by atoms with Crippen LogP contribution in [0.15, 0.2) is 54.6 Å². The molecule has 1 fully saturated rings. The van der Waals surface area contributed by atoms with Gasteiger partial charge in [0.15, 0.2) is 0 Å². The van der Waals surface area contributed by atoms with E-state index in [0.29, 0.717) is 10.6 Å². The van der Waals surface area contributed by atoms with Crippen molar-refractivity contribution in [3.63, 3.8) is 0 Å². The molecule has 0 bridgehead atoms. The Hall–Kier alpha value is -3.36. The SMILES string of the molecule is C[C@@]1(c2ccccc2)NC(=O)N(NC(=O)Cc2cccc(C(F)(F)F)c2)C1=O. The van der Waals surface area contributed by atoms with Crippen LogP contribution >= 0.6 is 0 Å². The zero-order valence-electron chi connectivity index (χ0n) is 14.7. The topological polar surface area (TPSA) is 78.5 Å². The molecule has 0 saturated carbocycles. The number of hydrogen-bond acceptors (Lipinski definition) is 3. The van der Waals surface area contributed by atoms with E-state index in [1.807, 2.05) is 0 Å². The van der Waals surface area contributed by atoms with Gasteiger partial charge >= 0.3 is 12.2 Å². The number of carbonyl (C=O) groups is 3. The summed E-state index contributed by atoms with van der Waals surface area (Å²) in [6.45, 7) is 1.50. The smallest absolute Gasteiger partial charge is 0.318 e. The maximum Gasteiger partial charge on any atom is 0.416 e. The highest BCUT2D eigenvalue weighted by Gasteiger charge is 2.49. The molecule has 0 aromatic heterocycles. The van der Waals surface area contributed by atoms with E-state index in [0.717, 1.165) is 12.1 Å². The van der Waals surface area contributed by atoms with E-state index in [1.165, 1.54) is 19.1 Å². The molecular formula is C19H16F3N3O3. The van der Waals surface area contributed by atoms with Crippen LogP contribution in [0.3, 0.4) is 0 Å². The largest absolute Gasteiger partial charge is 0.416 e. The van der Waals surface area contributed by atoms with Crippen molar-refractivity contribution in [3.05, 3.63) is 71.3 Å². The van der Waals surface area contributed by atoms with Gasteiger partial charge < -0.3 is 5.32 Å². The van der Waals surface area contributed by atoms with E-state index in [-0.39, 0.29) is 5.56 Å². The van der Waals surface area contributed by atoms with E-state index in [2.05, 4.69) is 10.7 Å². The summed E-state index contributed by atoms with van der Waals surface area (Å²) in [5, 5.41) is 3.06.